The summed E-state index contributed by atoms with van der Waals surface area (Å²) in [6.07, 6.45) is 0.843. The molecule has 16 heavy (non-hydrogen) atoms. The highest BCUT2D eigenvalue weighted by atomic mass is 32.1. The minimum atomic E-state index is 0.476. The summed E-state index contributed by atoms with van der Waals surface area (Å²) in [5, 5.41) is 5.27. The van der Waals surface area contributed by atoms with E-state index >= 15 is 0 Å². The molecular formula is C10H15N5S. The van der Waals surface area contributed by atoms with E-state index in [2.05, 4.69) is 15.1 Å². The van der Waals surface area contributed by atoms with E-state index in [1.165, 1.54) is 0 Å². The molecule has 2 N–H and O–H groups in total. The second kappa shape index (κ2) is 4.31. The second-order valence-corrected chi connectivity index (χ2v) is 4.64. The molecule has 0 radical (unpaired) electrons. The van der Waals surface area contributed by atoms with Crippen LogP contribution in [-0.4, -0.2) is 19.7 Å². The molecule has 0 aliphatic heterocycles. The first-order chi connectivity index (χ1) is 7.65. The average Bonchev–Trinajstić information content (AvgIpc) is 2.81. The summed E-state index contributed by atoms with van der Waals surface area (Å²) in [6, 6.07) is 0. The van der Waals surface area contributed by atoms with E-state index in [4.69, 9.17) is 5.73 Å². The summed E-state index contributed by atoms with van der Waals surface area (Å²) >= 11 is 1.59. The Morgan fingerprint density at radius 2 is 2.12 bits per heavy atom. The van der Waals surface area contributed by atoms with Gasteiger partial charge in [-0.25, -0.2) is 14.6 Å². The largest absolute Gasteiger partial charge is 0.325 e. The summed E-state index contributed by atoms with van der Waals surface area (Å²) in [5.41, 5.74) is 6.56. The SMILES string of the molecule is CCc1nc(-c2sc(CN)nc2C)n(C)n1. The van der Waals surface area contributed by atoms with Crippen LogP contribution in [0.3, 0.4) is 0 Å². The number of rotatable bonds is 3. The van der Waals surface area contributed by atoms with Crippen LogP contribution < -0.4 is 5.73 Å². The van der Waals surface area contributed by atoms with Gasteiger partial charge in [-0.1, -0.05) is 6.92 Å². The molecule has 0 bridgehead atoms. The van der Waals surface area contributed by atoms with E-state index in [1.54, 1.807) is 16.0 Å². The quantitative estimate of drug-likeness (QED) is 0.872. The van der Waals surface area contributed by atoms with Crippen molar-refractivity contribution in [3.63, 3.8) is 0 Å². The molecule has 2 rings (SSSR count). The zero-order chi connectivity index (χ0) is 11.7. The van der Waals surface area contributed by atoms with Gasteiger partial charge in [-0.15, -0.1) is 11.3 Å². The van der Waals surface area contributed by atoms with Gasteiger partial charge in [0, 0.05) is 20.0 Å². The number of nitrogens with zero attached hydrogens (tertiary/aromatic N) is 4. The van der Waals surface area contributed by atoms with Gasteiger partial charge in [0.15, 0.2) is 11.6 Å². The monoisotopic (exact) mass is 237 g/mol. The van der Waals surface area contributed by atoms with Gasteiger partial charge in [-0.05, 0) is 6.92 Å². The van der Waals surface area contributed by atoms with Gasteiger partial charge in [0.05, 0.1) is 10.6 Å². The third kappa shape index (κ3) is 1.85. The topological polar surface area (TPSA) is 69.6 Å². The van der Waals surface area contributed by atoms with Gasteiger partial charge >= 0.3 is 0 Å². The standard InChI is InChI=1S/C10H15N5S/c1-4-7-13-10(15(3)14-7)9-6(2)12-8(5-11)16-9/h4-5,11H2,1-3H3. The normalized spacial score (nSPS) is 11.0. The zero-order valence-corrected chi connectivity index (χ0v) is 10.5. The average molecular weight is 237 g/mol. The van der Waals surface area contributed by atoms with E-state index < -0.39 is 0 Å². The smallest absolute Gasteiger partial charge is 0.170 e. The lowest BCUT2D eigenvalue weighted by molar-refractivity contribution is 0.753. The molecular weight excluding hydrogens is 222 g/mol. The fraction of sp³-hybridized carbons (Fsp3) is 0.500. The van der Waals surface area contributed by atoms with Crippen LogP contribution in [0.5, 0.6) is 0 Å². The minimum absolute atomic E-state index is 0.476. The van der Waals surface area contributed by atoms with Crippen molar-refractivity contribution in [2.45, 2.75) is 26.8 Å². The van der Waals surface area contributed by atoms with E-state index in [0.29, 0.717) is 6.54 Å². The van der Waals surface area contributed by atoms with Crippen LogP contribution in [0.1, 0.15) is 23.4 Å². The Kier molecular flexibility index (Phi) is 3.02. The predicted molar refractivity (Wildman–Crippen MR) is 64.1 cm³/mol. The van der Waals surface area contributed by atoms with Crippen molar-refractivity contribution >= 4 is 11.3 Å². The van der Waals surface area contributed by atoms with Crippen molar-refractivity contribution in [3.8, 4) is 10.7 Å². The third-order valence-corrected chi connectivity index (χ3v) is 3.52. The first-order valence-electron chi connectivity index (χ1n) is 5.22. The van der Waals surface area contributed by atoms with E-state index in [0.717, 1.165) is 33.6 Å². The van der Waals surface area contributed by atoms with E-state index in [-0.39, 0.29) is 0 Å². The van der Waals surface area contributed by atoms with Crippen molar-refractivity contribution in [2.24, 2.45) is 12.8 Å². The van der Waals surface area contributed by atoms with Crippen LogP contribution >= 0.6 is 11.3 Å². The Hall–Kier alpha value is -1.27. The van der Waals surface area contributed by atoms with Gasteiger partial charge < -0.3 is 5.73 Å². The van der Waals surface area contributed by atoms with Gasteiger partial charge in [-0.2, -0.15) is 5.10 Å². The van der Waals surface area contributed by atoms with Crippen molar-refractivity contribution in [2.75, 3.05) is 0 Å². The first kappa shape index (κ1) is 11.2. The number of hydrogen-bond acceptors (Lipinski definition) is 5. The molecule has 0 unspecified atom stereocenters. The van der Waals surface area contributed by atoms with Gasteiger partial charge in [0.2, 0.25) is 0 Å². The zero-order valence-electron chi connectivity index (χ0n) is 9.69. The number of nitrogens with two attached hydrogens (primary N) is 1. The minimum Gasteiger partial charge on any atom is -0.325 e. The molecule has 6 heteroatoms. The maximum absolute atomic E-state index is 5.58. The van der Waals surface area contributed by atoms with Crippen molar-refractivity contribution < 1.29 is 0 Å². The molecule has 2 aromatic heterocycles. The van der Waals surface area contributed by atoms with E-state index in [1.807, 2.05) is 20.9 Å². The Bertz CT molecular complexity index is 453. The molecule has 86 valence electrons. The highest BCUT2D eigenvalue weighted by molar-refractivity contribution is 7.15. The first-order valence-corrected chi connectivity index (χ1v) is 6.04. The van der Waals surface area contributed by atoms with Crippen LogP contribution in [-0.2, 0) is 20.0 Å². The lowest BCUT2D eigenvalue weighted by Gasteiger charge is -1.95. The molecule has 2 aromatic rings. The van der Waals surface area contributed by atoms with Crippen LogP contribution in [0.25, 0.3) is 10.7 Å². The number of aromatic nitrogens is 4. The Balaban J connectivity index is 2.48. The maximum atomic E-state index is 5.58. The molecule has 0 saturated carbocycles. The van der Waals surface area contributed by atoms with Crippen LogP contribution in [0, 0.1) is 6.92 Å². The molecule has 0 amide bonds. The molecule has 0 aromatic carbocycles. The van der Waals surface area contributed by atoms with E-state index in [9.17, 15) is 0 Å². The second-order valence-electron chi connectivity index (χ2n) is 3.56. The van der Waals surface area contributed by atoms with Gasteiger partial charge in [0.25, 0.3) is 0 Å². The highest BCUT2D eigenvalue weighted by Crippen LogP contribution is 2.28. The number of thiazole rings is 1. The fourth-order valence-corrected chi connectivity index (χ4v) is 2.50. The Morgan fingerprint density at radius 3 is 2.62 bits per heavy atom. The molecule has 0 atom stereocenters. The molecule has 0 fully saturated rings. The van der Waals surface area contributed by atoms with Gasteiger partial charge in [0.1, 0.15) is 5.01 Å². The van der Waals surface area contributed by atoms with Gasteiger partial charge in [-0.3, -0.25) is 0 Å². The molecule has 2 heterocycles. The van der Waals surface area contributed by atoms with Crippen LogP contribution in [0.2, 0.25) is 0 Å². The molecule has 5 nitrogen and oxygen atoms in total. The Labute approximate surface area is 98.3 Å². The summed E-state index contributed by atoms with van der Waals surface area (Å²) in [7, 11) is 1.91. The number of hydrogen-bond donors (Lipinski definition) is 1. The molecule has 0 spiro atoms. The maximum Gasteiger partial charge on any atom is 0.170 e. The Morgan fingerprint density at radius 1 is 1.38 bits per heavy atom. The lowest BCUT2D eigenvalue weighted by atomic mass is 10.4. The number of aryl methyl sites for hydroxylation is 3. The third-order valence-electron chi connectivity index (χ3n) is 2.34. The lowest BCUT2D eigenvalue weighted by Crippen LogP contribution is -1.94. The summed E-state index contributed by atoms with van der Waals surface area (Å²) < 4.78 is 1.81. The molecule has 0 saturated heterocycles. The van der Waals surface area contributed by atoms with Crippen LogP contribution in [0.15, 0.2) is 0 Å². The van der Waals surface area contributed by atoms with Crippen molar-refractivity contribution in [1.29, 1.82) is 0 Å². The molecule has 0 aliphatic rings. The van der Waals surface area contributed by atoms with Crippen molar-refractivity contribution in [1.82, 2.24) is 19.7 Å². The predicted octanol–water partition coefficient (Wildman–Crippen LogP) is 1.27. The summed E-state index contributed by atoms with van der Waals surface area (Å²) in [5.74, 6) is 1.74. The summed E-state index contributed by atoms with van der Waals surface area (Å²) in [4.78, 5) is 9.95. The van der Waals surface area contributed by atoms with Crippen molar-refractivity contribution in [3.05, 3.63) is 16.5 Å². The van der Waals surface area contributed by atoms with Crippen LogP contribution in [0.4, 0.5) is 0 Å². The molecule has 0 aliphatic carbocycles. The fourth-order valence-electron chi connectivity index (χ4n) is 1.53. The highest BCUT2D eigenvalue weighted by Gasteiger charge is 2.15. The summed E-state index contributed by atoms with van der Waals surface area (Å²) in [6.45, 7) is 4.50.